The molecule has 2 nitrogen and oxygen atoms in total. The molecule has 2 heteroatoms. The van der Waals surface area contributed by atoms with E-state index in [1.165, 1.54) is 19.3 Å². The van der Waals surface area contributed by atoms with Gasteiger partial charge in [0.25, 0.3) is 0 Å². The Balaban J connectivity index is 1.54. The molecule has 3 aliphatic rings. The van der Waals surface area contributed by atoms with Crippen LogP contribution in [0.4, 0.5) is 0 Å². The average molecular weight is 236 g/mol. The third kappa shape index (κ3) is 2.04. The van der Waals surface area contributed by atoms with Gasteiger partial charge < -0.3 is 10.2 Å². The van der Waals surface area contributed by atoms with E-state index in [0.29, 0.717) is 6.04 Å². The molecule has 0 aromatic heterocycles. The van der Waals surface area contributed by atoms with E-state index in [2.05, 4.69) is 31.2 Å². The smallest absolute Gasteiger partial charge is 0.0186 e. The molecule has 0 aromatic carbocycles. The Hall–Kier alpha value is -0.0800. The maximum absolute atomic E-state index is 3.87. The van der Waals surface area contributed by atoms with Gasteiger partial charge in [-0.3, -0.25) is 0 Å². The lowest BCUT2D eigenvalue weighted by atomic mass is 9.79. The molecule has 98 valence electrons. The standard InChI is InChI=1S/C15H28N2/c1-10(17(2)3)9-16-15-8-11-7-14(15)13-6-4-5-12(11)13/h10-16H,4-9H2,1-3H3. The quantitative estimate of drug-likeness (QED) is 0.806. The van der Waals surface area contributed by atoms with Crippen molar-refractivity contribution in [3.05, 3.63) is 0 Å². The van der Waals surface area contributed by atoms with Crippen molar-refractivity contribution in [2.75, 3.05) is 20.6 Å². The number of likely N-dealkylation sites (N-methyl/N-ethyl adjacent to an activating group) is 1. The highest BCUT2D eigenvalue weighted by Gasteiger charge is 2.53. The van der Waals surface area contributed by atoms with E-state index in [4.69, 9.17) is 0 Å². The fourth-order valence-electron chi connectivity index (χ4n) is 4.81. The molecular formula is C15H28N2. The summed E-state index contributed by atoms with van der Waals surface area (Å²) in [5.41, 5.74) is 0. The molecule has 0 saturated heterocycles. The van der Waals surface area contributed by atoms with Crippen LogP contribution in [0.3, 0.4) is 0 Å². The normalized spacial score (nSPS) is 45.5. The number of hydrogen-bond acceptors (Lipinski definition) is 2. The van der Waals surface area contributed by atoms with E-state index in [-0.39, 0.29) is 0 Å². The van der Waals surface area contributed by atoms with Crippen molar-refractivity contribution in [3.8, 4) is 0 Å². The molecular weight excluding hydrogens is 208 g/mol. The van der Waals surface area contributed by atoms with Crippen molar-refractivity contribution in [3.63, 3.8) is 0 Å². The van der Waals surface area contributed by atoms with Crippen molar-refractivity contribution in [1.82, 2.24) is 10.2 Å². The summed E-state index contributed by atoms with van der Waals surface area (Å²) >= 11 is 0. The Morgan fingerprint density at radius 3 is 2.65 bits per heavy atom. The minimum absolute atomic E-state index is 0.661. The topological polar surface area (TPSA) is 15.3 Å². The van der Waals surface area contributed by atoms with Gasteiger partial charge in [-0.15, -0.1) is 0 Å². The second kappa shape index (κ2) is 4.55. The van der Waals surface area contributed by atoms with Gasteiger partial charge in [-0.05, 0) is 70.4 Å². The van der Waals surface area contributed by atoms with Gasteiger partial charge in [0.05, 0.1) is 0 Å². The fraction of sp³-hybridized carbons (Fsp3) is 1.00. The Morgan fingerprint density at radius 1 is 1.12 bits per heavy atom. The number of nitrogens with zero attached hydrogens (tertiary/aromatic N) is 1. The molecule has 3 saturated carbocycles. The summed E-state index contributed by atoms with van der Waals surface area (Å²) in [6, 6.07) is 1.51. The van der Waals surface area contributed by atoms with Crippen molar-refractivity contribution >= 4 is 0 Å². The first-order valence-corrected chi connectivity index (χ1v) is 7.56. The Labute approximate surface area is 106 Å². The molecule has 3 rings (SSSR count). The van der Waals surface area contributed by atoms with E-state index >= 15 is 0 Å². The van der Waals surface area contributed by atoms with Gasteiger partial charge in [-0.25, -0.2) is 0 Å². The number of fused-ring (bicyclic) bond motifs is 5. The van der Waals surface area contributed by atoms with E-state index < -0.39 is 0 Å². The predicted molar refractivity (Wildman–Crippen MR) is 72.0 cm³/mol. The van der Waals surface area contributed by atoms with Crippen molar-refractivity contribution < 1.29 is 0 Å². The molecule has 3 aliphatic carbocycles. The molecule has 0 heterocycles. The summed E-state index contributed by atoms with van der Waals surface area (Å²) < 4.78 is 0. The zero-order valence-corrected chi connectivity index (χ0v) is 11.7. The SMILES string of the molecule is CC(CNC1CC2CC1C1CCCC21)N(C)C. The molecule has 3 fully saturated rings. The summed E-state index contributed by atoms with van der Waals surface area (Å²) in [7, 11) is 4.36. The van der Waals surface area contributed by atoms with Crippen LogP contribution >= 0.6 is 0 Å². The summed E-state index contributed by atoms with van der Waals surface area (Å²) in [6.45, 7) is 3.48. The van der Waals surface area contributed by atoms with Gasteiger partial charge >= 0.3 is 0 Å². The molecule has 6 unspecified atom stereocenters. The maximum Gasteiger partial charge on any atom is 0.0186 e. The lowest BCUT2D eigenvalue weighted by Gasteiger charge is -2.33. The van der Waals surface area contributed by atoms with Crippen molar-refractivity contribution in [2.45, 2.75) is 51.1 Å². The first-order chi connectivity index (χ1) is 8.16. The maximum atomic E-state index is 3.87. The molecule has 1 N–H and O–H groups in total. The van der Waals surface area contributed by atoms with Crippen LogP contribution in [0, 0.1) is 23.7 Å². The number of rotatable bonds is 4. The minimum Gasteiger partial charge on any atom is -0.312 e. The zero-order valence-electron chi connectivity index (χ0n) is 11.7. The van der Waals surface area contributed by atoms with Crippen LogP contribution in [0.1, 0.15) is 39.0 Å². The highest BCUT2D eigenvalue weighted by molar-refractivity contribution is 5.05. The van der Waals surface area contributed by atoms with Crippen LogP contribution in [0.2, 0.25) is 0 Å². The molecule has 0 spiro atoms. The summed E-state index contributed by atoms with van der Waals surface area (Å²) in [5.74, 6) is 4.34. The van der Waals surface area contributed by atoms with Crippen molar-refractivity contribution in [1.29, 1.82) is 0 Å². The lowest BCUT2D eigenvalue weighted by Crippen LogP contribution is -2.44. The van der Waals surface area contributed by atoms with Gasteiger partial charge in [0.1, 0.15) is 0 Å². The van der Waals surface area contributed by atoms with Crippen molar-refractivity contribution in [2.24, 2.45) is 23.7 Å². The predicted octanol–water partition coefficient (Wildman–Crippen LogP) is 2.35. The van der Waals surface area contributed by atoms with Crippen LogP contribution in [0.5, 0.6) is 0 Å². The van der Waals surface area contributed by atoms with Gasteiger partial charge in [0, 0.05) is 18.6 Å². The first kappa shape index (κ1) is 12.0. The van der Waals surface area contributed by atoms with Gasteiger partial charge in [-0.1, -0.05) is 6.42 Å². The average Bonchev–Trinajstić information content (AvgIpc) is 2.96. The van der Waals surface area contributed by atoms with Crippen LogP contribution in [0.15, 0.2) is 0 Å². The third-order valence-electron chi connectivity index (χ3n) is 5.99. The molecule has 2 bridgehead atoms. The first-order valence-electron chi connectivity index (χ1n) is 7.56. The van der Waals surface area contributed by atoms with E-state index in [0.717, 1.165) is 36.3 Å². The van der Waals surface area contributed by atoms with Gasteiger partial charge in [0.15, 0.2) is 0 Å². The Kier molecular flexibility index (Phi) is 3.20. The molecule has 0 radical (unpaired) electrons. The Morgan fingerprint density at radius 2 is 1.88 bits per heavy atom. The van der Waals surface area contributed by atoms with Crippen LogP contribution in [0.25, 0.3) is 0 Å². The van der Waals surface area contributed by atoms with E-state index in [9.17, 15) is 0 Å². The monoisotopic (exact) mass is 236 g/mol. The van der Waals surface area contributed by atoms with Gasteiger partial charge in [-0.2, -0.15) is 0 Å². The van der Waals surface area contributed by atoms with E-state index in [1.54, 1.807) is 12.8 Å². The van der Waals surface area contributed by atoms with Crippen LogP contribution < -0.4 is 5.32 Å². The van der Waals surface area contributed by atoms with Gasteiger partial charge in [0.2, 0.25) is 0 Å². The highest BCUT2D eigenvalue weighted by Crippen LogP contribution is 2.58. The molecule has 17 heavy (non-hydrogen) atoms. The second-order valence-corrected chi connectivity index (χ2v) is 6.98. The molecule has 0 amide bonds. The zero-order chi connectivity index (χ0) is 12.0. The molecule has 0 aromatic rings. The number of nitrogens with one attached hydrogen (secondary N) is 1. The third-order valence-corrected chi connectivity index (χ3v) is 5.99. The minimum atomic E-state index is 0.661. The lowest BCUT2D eigenvalue weighted by molar-refractivity contribution is 0.196. The van der Waals surface area contributed by atoms with Crippen LogP contribution in [-0.4, -0.2) is 37.6 Å². The molecule has 6 atom stereocenters. The largest absolute Gasteiger partial charge is 0.312 e. The molecule has 0 aliphatic heterocycles. The second-order valence-electron chi connectivity index (χ2n) is 6.98. The van der Waals surface area contributed by atoms with E-state index in [1.807, 2.05) is 0 Å². The number of hydrogen-bond donors (Lipinski definition) is 1. The fourth-order valence-corrected chi connectivity index (χ4v) is 4.81. The summed E-state index contributed by atoms with van der Waals surface area (Å²) in [5, 5.41) is 3.87. The summed E-state index contributed by atoms with van der Waals surface area (Å²) in [4.78, 5) is 2.32. The Bertz CT molecular complexity index is 276. The van der Waals surface area contributed by atoms with Crippen LogP contribution in [-0.2, 0) is 0 Å². The highest BCUT2D eigenvalue weighted by atomic mass is 15.1. The summed E-state index contributed by atoms with van der Waals surface area (Å²) in [6.07, 6.45) is 7.62.